The summed E-state index contributed by atoms with van der Waals surface area (Å²) >= 11 is 7.77. The summed E-state index contributed by atoms with van der Waals surface area (Å²) in [6.45, 7) is 3.65. The Hall–Kier alpha value is -3.48. The summed E-state index contributed by atoms with van der Waals surface area (Å²) in [6, 6.07) is 4.49. The molecule has 13 heteroatoms. The van der Waals surface area contributed by atoms with Gasteiger partial charge in [0.05, 0.1) is 42.3 Å². The third-order valence-electron chi connectivity index (χ3n) is 6.52. The monoisotopic (exact) mass is 541 g/mol. The molecular formula is C24H24ClN7O4S. The summed E-state index contributed by atoms with van der Waals surface area (Å²) in [7, 11) is 0. The number of ether oxygens (including phenoxy) is 2. The Balaban J connectivity index is 1.29. The van der Waals surface area contributed by atoms with Crippen molar-refractivity contribution in [3.05, 3.63) is 63.6 Å². The van der Waals surface area contributed by atoms with Crippen LogP contribution in [0.1, 0.15) is 38.7 Å². The number of nitrogens with one attached hydrogen (secondary N) is 1. The van der Waals surface area contributed by atoms with E-state index in [0.29, 0.717) is 59.5 Å². The Labute approximate surface area is 220 Å². The van der Waals surface area contributed by atoms with E-state index in [9.17, 15) is 9.59 Å². The zero-order chi connectivity index (χ0) is 25.5. The van der Waals surface area contributed by atoms with Gasteiger partial charge >= 0.3 is 0 Å². The number of thiazole rings is 1. The van der Waals surface area contributed by atoms with E-state index in [-0.39, 0.29) is 25.0 Å². The van der Waals surface area contributed by atoms with E-state index in [0.717, 1.165) is 4.96 Å². The van der Waals surface area contributed by atoms with E-state index in [1.165, 1.54) is 11.3 Å². The van der Waals surface area contributed by atoms with Gasteiger partial charge in [0.25, 0.3) is 11.8 Å². The number of benzene rings is 1. The molecule has 5 heterocycles. The second kappa shape index (κ2) is 9.77. The van der Waals surface area contributed by atoms with Crippen LogP contribution in [0.4, 0.5) is 0 Å². The van der Waals surface area contributed by atoms with Crippen molar-refractivity contribution in [2.45, 2.75) is 38.6 Å². The van der Waals surface area contributed by atoms with Crippen LogP contribution in [-0.4, -0.2) is 72.9 Å². The Morgan fingerprint density at radius 3 is 3.08 bits per heavy atom. The third kappa shape index (κ3) is 4.67. The number of nitrogens with zero attached hydrogens (tertiary/aromatic N) is 6. The summed E-state index contributed by atoms with van der Waals surface area (Å²) in [5.74, 6) is -0.0197. The lowest BCUT2D eigenvalue weighted by molar-refractivity contribution is 0.0290. The van der Waals surface area contributed by atoms with E-state index in [1.807, 2.05) is 24.7 Å². The Morgan fingerprint density at radius 2 is 2.19 bits per heavy atom. The van der Waals surface area contributed by atoms with Gasteiger partial charge in [-0.3, -0.25) is 18.7 Å². The Bertz CT molecular complexity index is 1480. The predicted octanol–water partition coefficient (Wildman–Crippen LogP) is 2.57. The number of aryl methyl sites for hydroxylation is 2. The van der Waals surface area contributed by atoms with Crippen LogP contribution in [0.25, 0.3) is 4.96 Å². The largest absolute Gasteiger partial charge is 0.492 e. The van der Waals surface area contributed by atoms with Crippen molar-refractivity contribution in [3.8, 4) is 5.75 Å². The number of hydrogen-bond donors (Lipinski definition) is 1. The molecule has 1 fully saturated rings. The lowest BCUT2D eigenvalue weighted by atomic mass is 10.1. The second-order valence-corrected chi connectivity index (χ2v) is 10.3. The topological polar surface area (TPSA) is 116 Å². The molecule has 0 saturated carbocycles. The number of likely N-dealkylation sites (tertiary alicyclic amines) is 1. The smallest absolute Gasteiger partial charge is 0.272 e. The minimum atomic E-state index is -0.444. The van der Waals surface area contributed by atoms with Gasteiger partial charge in [0.15, 0.2) is 4.96 Å². The average molecular weight is 542 g/mol. The average Bonchev–Trinajstić information content (AvgIpc) is 3.65. The summed E-state index contributed by atoms with van der Waals surface area (Å²) in [4.78, 5) is 33.8. The number of fused-ring (bicyclic) bond motifs is 6. The van der Waals surface area contributed by atoms with Crippen LogP contribution < -0.4 is 10.1 Å². The summed E-state index contributed by atoms with van der Waals surface area (Å²) < 4.78 is 15.6. The van der Waals surface area contributed by atoms with Crippen LogP contribution >= 0.6 is 22.9 Å². The quantitative estimate of drug-likeness (QED) is 0.394. The summed E-state index contributed by atoms with van der Waals surface area (Å²) in [5, 5.41) is 13.7. The molecule has 37 heavy (non-hydrogen) atoms. The molecule has 1 saturated heterocycles. The van der Waals surface area contributed by atoms with Gasteiger partial charge < -0.3 is 19.7 Å². The fourth-order valence-corrected chi connectivity index (χ4v) is 5.60. The molecular weight excluding hydrogens is 518 g/mol. The number of imidazole rings is 1. The van der Waals surface area contributed by atoms with Gasteiger partial charge in [-0.05, 0) is 25.1 Å². The van der Waals surface area contributed by atoms with E-state index in [4.69, 9.17) is 21.1 Å². The van der Waals surface area contributed by atoms with Gasteiger partial charge in [0, 0.05) is 43.2 Å². The van der Waals surface area contributed by atoms with Crippen molar-refractivity contribution in [1.29, 1.82) is 0 Å². The highest BCUT2D eigenvalue weighted by atomic mass is 35.5. The van der Waals surface area contributed by atoms with Gasteiger partial charge in [-0.15, -0.1) is 16.4 Å². The number of carbonyl (C=O) groups is 2. The maximum absolute atomic E-state index is 13.6. The van der Waals surface area contributed by atoms with E-state index < -0.39 is 12.1 Å². The molecule has 0 spiro atoms. The molecule has 2 atom stereocenters. The van der Waals surface area contributed by atoms with E-state index >= 15 is 0 Å². The molecule has 192 valence electrons. The van der Waals surface area contributed by atoms with E-state index in [1.54, 1.807) is 32.2 Å². The molecule has 0 aliphatic carbocycles. The molecule has 2 aliphatic heterocycles. The standard InChI is InChI=1S/C24H24ClN7O4S/c1-14-21(32-6-8-37-24(32)26-14)23(34)30-11-18-20(12-30)36-13-16-10-31(29-28-16)5-2-7-35-19-9-15(22(33)27-18)3-4-17(19)25/h3-4,6,8-10,18,20H,2,5,7,11-13H2,1H3,(H,27,33)/t18-,20-/m0/s1. The van der Waals surface area contributed by atoms with Crippen LogP contribution in [0.15, 0.2) is 36.0 Å². The zero-order valence-corrected chi connectivity index (χ0v) is 21.5. The normalized spacial score (nSPS) is 20.5. The lowest BCUT2D eigenvalue weighted by Crippen LogP contribution is -2.44. The highest BCUT2D eigenvalue weighted by molar-refractivity contribution is 7.15. The number of aromatic nitrogens is 5. The van der Waals surface area contributed by atoms with Crippen molar-refractivity contribution in [2.75, 3.05) is 19.7 Å². The van der Waals surface area contributed by atoms with Crippen molar-refractivity contribution in [3.63, 3.8) is 0 Å². The minimum absolute atomic E-state index is 0.159. The molecule has 4 bridgehead atoms. The lowest BCUT2D eigenvalue weighted by Gasteiger charge is -2.20. The highest BCUT2D eigenvalue weighted by Crippen LogP contribution is 2.27. The van der Waals surface area contributed by atoms with Crippen LogP contribution in [0, 0.1) is 6.92 Å². The van der Waals surface area contributed by atoms with Crippen LogP contribution in [0.2, 0.25) is 5.02 Å². The number of rotatable bonds is 1. The predicted molar refractivity (Wildman–Crippen MR) is 135 cm³/mol. The Morgan fingerprint density at radius 1 is 1.30 bits per heavy atom. The molecule has 1 aromatic carbocycles. The van der Waals surface area contributed by atoms with Gasteiger partial charge in [0.1, 0.15) is 17.1 Å². The first-order valence-electron chi connectivity index (χ1n) is 11.9. The second-order valence-electron chi connectivity index (χ2n) is 9.06. The first-order chi connectivity index (χ1) is 18.0. The first kappa shape index (κ1) is 23.9. The van der Waals surface area contributed by atoms with Crippen molar-refractivity contribution >= 4 is 39.7 Å². The molecule has 2 amide bonds. The fraction of sp³-hybridized carbons (Fsp3) is 0.375. The third-order valence-corrected chi connectivity index (χ3v) is 7.59. The van der Waals surface area contributed by atoms with Gasteiger partial charge in [0.2, 0.25) is 0 Å². The number of hydrogen-bond acceptors (Lipinski definition) is 8. The zero-order valence-electron chi connectivity index (χ0n) is 20.0. The SMILES string of the molecule is Cc1nc2sccn2c1C(=O)N1C[C@@H]2NC(=O)c3ccc(Cl)c(c3)OCCCn3cc(nn3)CO[C@H]2C1. The number of amides is 2. The van der Waals surface area contributed by atoms with Crippen LogP contribution in [0.5, 0.6) is 5.75 Å². The molecule has 4 aromatic rings. The summed E-state index contributed by atoms with van der Waals surface area (Å²) in [6.07, 6.45) is 3.91. The minimum Gasteiger partial charge on any atom is -0.492 e. The molecule has 0 radical (unpaired) electrons. The van der Waals surface area contributed by atoms with Gasteiger partial charge in [-0.25, -0.2) is 4.98 Å². The fourth-order valence-electron chi connectivity index (χ4n) is 4.67. The molecule has 6 rings (SSSR count). The molecule has 0 unspecified atom stereocenters. The molecule has 11 nitrogen and oxygen atoms in total. The highest BCUT2D eigenvalue weighted by Gasteiger charge is 2.39. The maximum Gasteiger partial charge on any atom is 0.272 e. The van der Waals surface area contributed by atoms with Crippen LogP contribution in [0.3, 0.4) is 0 Å². The molecule has 2 aliphatic rings. The summed E-state index contributed by atoms with van der Waals surface area (Å²) in [5.41, 5.74) is 2.27. The van der Waals surface area contributed by atoms with Gasteiger partial charge in [-0.1, -0.05) is 16.8 Å². The number of halogens is 1. The van der Waals surface area contributed by atoms with Crippen molar-refractivity contribution in [2.24, 2.45) is 0 Å². The van der Waals surface area contributed by atoms with Gasteiger partial charge in [-0.2, -0.15) is 0 Å². The number of carbonyl (C=O) groups excluding carboxylic acids is 2. The molecule has 3 aromatic heterocycles. The van der Waals surface area contributed by atoms with Crippen LogP contribution in [-0.2, 0) is 17.9 Å². The molecule has 1 N–H and O–H groups in total. The Kier molecular flexibility index (Phi) is 6.31. The van der Waals surface area contributed by atoms with Crippen molar-refractivity contribution < 1.29 is 19.1 Å². The maximum atomic E-state index is 13.6. The van der Waals surface area contributed by atoms with Crippen molar-refractivity contribution in [1.82, 2.24) is 34.6 Å². The first-order valence-corrected chi connectivity index (χ1v) is 13.2. The van der Waals surface area contributed by atoms with E-state index in [2.05, 4.69) is 20.6 Å².